The number of nitrogens with zero attached hydrogens (tertiary/aromatic N) is 3. The van der Waals surface area contributed by atoms with E-state index in [1.54, 1.807) is 29.2 Å². The van der Waals surface area contributed by atoms with Crippen LogP contribution >= 0.6 is 15.9 Å². The zero-order valence-corrected chi connectivity index (χ0v) is 22.2. The van der Waals surface area contributed by atoms with Crippen LogP contribution in [0.5, 0.6) is 0 Å². The standard InChI is InChI=1S/C26H24BrF2N5O5/c27-15-10-18(25(37)32-8-4-1-5-9-32)23(20(11-15)34(38)39)31-21-13-33(14-26(21,28)29)24(36)17-12-22(35)30-19-7-3-2-6-16(17)19/h2-3,6-7,10-12,21,31H,1,4-5,8-9,13-14H2,(H,30,35)/t21-/m0/s1. The lowest BCUT2D eigenvalue weighted by molar-refractivity contribution is -0.384. The number of piperidine rings is 1. The molecule has 1 aromatic heterocycles. The summed E-state index contributed by atoms with van der Waals surface area (Å²) in [6, 6.07) is 8.41. The second kappa shape index (κ2) is 10.4. The monoisotopic (exact) mass is 603 g/mol. The van der Waals surface area contributed by atoms with Gasteiger partial charge in [0.1, 0.15) is 11.7 Å². The number of fused-ring (bicyclic) bond motifs is 1. The van der Waals surface area contributed by atoms with Crippen molar-refractivity contribution < 1.29 is 23.3 Å². The number of anilines is 1. The average Bonchev–Trinajstić information content (AvgIpc) is 3.22. The summed E-state index contributed by atoms with van der Waals surface area (Å²) in [6.07, 6.45) is 2.51. The number of amides is 2. The highest BCUT2D eigenvalue weighted by molar-refractivity contribution is 9.10. The number of hydrogen-bond acceptors (Lipinski definition) is 6. The molecule has 2 aliphatic heterocycles. The van der Waals surface area contributed by atoms with Gasteiger partial charge in [-0.1, -0.05) is 34.1 Å². The minimum Gasteiger partial charge on any atom is -0.369 e. The average molecular weight is 604 g/mol. The van der Waals surface area contributed by atoms with Gasteiger partial charge in [0.25, 0.3) is 23.4 Å². The number of nitrogens with one attached hydrogen (secondary N) is 2. The van der Waals surface area contributed by atoms with Crippen molar-refractivity contribution in [1.29, 1.82) is 0 Å². The molecule has 204 valence electrons. The molecule has 13 heteroatoms. The SMILES string of the molecule is O=C(c1cc(Br)cc([N+](=O)[O-])c1N[C@H]1CN(C(=O)c2cc(=O)[nH]c3ccccc23)CC1(F)F)N1CCCCC1. The minimum atomic E-state index is -3.49. The first-order valence-electron chi connectivity index (χ1n) is 12.4. The van der Waals surface area contributed by atoms with E-state index in [2.05, 4.69) is 26.2 Å². The molecule has 0 saturated carbocycles. The van der Waals surface area contributed by atoms with Crippen LogP contribution in [0.3, 0.4) is 0 Å². The Morgan fingerprint density at radius 3 is 2.46 bits per heavy atom. The van der Waals surface area contributed by atoms with Crippen LogP contribution < -0.4 is 10.9 Å². The molecule has 2 aliphatic rings. The van der Waals surface area contributed by atoms with Crippen molar-refractivity contribution in [3.8, 4) is 0 Å². The molecule has 3 heterocycles. The van der Waals surface area contributed by atoms with Gasteiger partial charge in [-0.3, -0.25) is 24.5 Å². The van der Waals surface area contributed by atoms with Crippen LogP contribution in [0.1, 0.15) is 40.0 Å². The second-order valence-electron chi connectivity index (χ2n) is 9.69. The highest BCUT2D eigenvalue weighted by Crippen LogP contribution is 2.38. The van der Waals surface area contributed by atoms with Crippen LogP contribution in [-0.4, -0.2) is 69.7 Å². The fraction of sp³-hybridized carbons (Fsp3) is 0.346. The summed E-state index contributed by atoms with van der Waals surface area (Å²) in [5, 5.41) is 14.9. The summed E-state index contributed by atoms with van der Waals surface area (Å²) in [4.78, 5) is 55.1. The van der Waals surface area contributed by atoms with Gasteiger partial charge >= 0.3 is 0 Å². The Hall–Kier alpha value is -3.87. The fourth-order valence-corrected chi connectivity index (χ4v) is 5.59. The van der Waals surface area contributed by atoms with E-state index in [4.69, 9.17) is 0 Å². The number of H-pyrrole nitrogens is 1. The molecule has 2 fully saturated rings. The van der Waals surface area contributed by atoms with Crippen molar-refractivity contribution in [3.05, 3.63) is 78.5 Å². The summed E-state index contributed by atoms with van der Waals surface area (Å²) >= 11 is 3.19. The number of aromatic amines is 1. The number of carbonyl (C=O) groups excluding carboxylic acids is 2. The summed E-state index contributed by atoms with van der Waals surface area (Å²) in [5.74, 6) is -4.75. The number of nitro groups is 1. The summed E-state index contributed by atoms with van der Waals surface area (Å²) in [5.41, 5.74) is -1.14. The molecule has 0 bridgehead atoms. The number of hydrogen-bond donors (Lipinski definition) is 2. The molecule has 39 heavy (non-hydrogen) atoms. The molecule has 3 aromatic rings. The van der Waals surface area contributed by atoms with Gasteiger partial charge in [-0.05, 0) is 31.4 Å². The number of alkyl halides is 2. The maximum atomic E-state index is 15.3. The second-order valence-corrected chi connectivity index (χ2v) is 10.6. The molecule has 5 rings (SSSR count). The Morgan fingerprint density at radius 2 is 1.74 bits per heavy atom. The van der Waals surface area contributed by atoms with Gasteiger partial charge in [-0.2, -0.15) is 0 Å². The number of pyridine rings is 1. The van der Waals surface area contributed by atoms with Crippen molar-refractivity contribution >= 4 is 50.0 Å². The summed E-state index contributed by atoms with van der Waals surface area (Å²) in [7, 11) is 0. The van der Waals surface area contributed by atoms with Crippen LogP contribution in [0.25, 0.3) is 10.9 Å². The smallest absolute Gasteiger partial charge is 0.294 e. The Morgan fingerprint density at radius 1 is 1.05 bits per heavy atom. The molecular weight excluding hydrogens is 580 g/mol. The van der Waals surface area contributed by atoms with Crippen molar-refractivity contribution in [1.82, 2.24) is 14.8 Å². The van der Waals surface area contributed by atoms with E-state index >= 15 is 8.78 Å². The van der Waals surface area contributed by atoms with E-state index in [0.29, 0.717) is 24.0 Å². The molecule has 2 saturated heterocycles. The number of nitro benzene ring substituents is 1. The molecule has 2 aromatic carbocycles. The van der Waals surface area contributed by atoms with Crippen LogP contribution in [0.2, 0.25) is 0 Å². The fourth-order valence-electron chi connectivity index (χ4n) is 5.14. The third-order valence-corrected chi connectivity index (χ3v) is 7.51. The third-order valence-electron chi connectivity index (χ3n) is 7.05. The predicted molar refractivity (Wildman–Crippen MR) is 143 cm³/mol. The quantitative estimate of drug-likeness (QED) is 0.328. The number of benzene rings is 2. The number of para-hydroxylation sites is 1. The number of rotatable bonds is 5. The maximum absolute atomic E-state index is 15.3. The lowest BCUT2D eigenvalue weighted by Gasteiger charge is -2.28. The van der Waals surface area contributed by atoms with Gasteiger partial charge in [0.05, 0.1) is 22.6 Å². The Balaban J connectivity index is 1.48. The molecular formula is C26H24BrF2N5O5. The highest BCUT2D eigenvalue weighted by Gasteiger charge is 2.51. The lowest BCUT2D eigenvalue weighted by Crippen LogP contribution is -2.40. The molecule has 0 radical (unpaired) electrons. The van der Waals surface area contributed by atoms with Crippen molar-refractivity contribution in [3.63, 3.8) is 0 Å². The number of carbonyl (C=O) groups is 2. The highest BCUT2D eigenvalue weighted by atomic mass is 79.9. The van der Waals surface area contributed by atoms with E-state index < -0.39 is 53.0 Å². The minimum absolute atomic E-state index is 0.0265. The zero-order chi connectivity index (χ0) is 27.9. The van der Waals surface area contributed by atoms with E-state index in [1.807, 2.05) is 0 Å². The molecule has 2 N–H and O–H groups in total. The van der Waals surface area contributed by atoms with Crippen LogP contribution in [-0.2, 0) is 0 Å². The van der Waals surface area contributed by atoms with Gasteiger partial charge in [0, 0.05) is 47.1 Å². The summed E-state index contributed by atoms with van der Waals surface area (Å²) in [6.45, 7) is -0.545. The number of halogens is 3. The summed E-state index contributed by atoms with van der Waals surface area (Å²) < 4.78 is 30.9. The van der Waals surface area contributed by atoms with E-state index in [1.165, 1.54) is 6.07 Å². The van der Waals surface area contributed by atoms with Crippen molar-refractivity contribution in [2.75, 3.05) is 31.5 Å². The van der Waals surface area contributed by atoms with E-state index in [9.17, 15) is 24.5 Å². The van der Waals surface area contributed by atoms with Crippen LogP contribution in [0.15, 0.2) is 51.7 Å². The zero-order valence-electron chi connectivity index (χ0n) is 20.6. The van der Waals surface area contributed by atoms with Gasteiger partial charge in [0.15, 0.2) is 0 Å². The van der Waals surface area contributed by atoms with Gasteiger partial charge < -0.3 is 20.1 Å². The largest absolute Gasteiger partial charge is 0.369 e. The third kappa shape index (κ3) is 5.22. The molecule has 2 amide bonds. The Bertz CT molecular complexity index is 1540. The Labute approximate surface area is 229 Å². The first-order chi connectivity index (χ1) is 18.5. The molecule has 0 spiro atoms. The maximum Gasteiger partial charge on any atom is 0.294 e. The molecule has 0 unspecified atom stereocenters. The van der Waals surface area contributed by atoms with E-state index in [0.717, 1.165) is 36.3 Å². The van der Waals surface area contributed by atoms with Gasteiger partial charge in [0.2, 0.25) is 5.56 Å². The van der Waals surface area contributed by atoms with E-state index in [-0.39, 0.29) is 21.3 Å². The van der Waals surface area contributed by atoms with Gasteiger partial charge in [-0.25, -0.2) is 8.78 Å². The molecule has 10 nitrogen and oxygen atoms in total. The van der Waals surface area contributed by atoms with Crippen LogP contribution in [0, 0.1) is 10.1 Å². The number of likely N-dealkylation sites (tertiary alicyclic amines) is 2. The number of aromatic nitrogens is 1. The topological polar surface area (TPSA) is 129 Å². The normalized spacial score (nSPS) is 18.8. The van der Waals surface area contributed by atoms with Crippen molar-refractivity contribution in [2.24, 2.45) is 0 Å². The van der Waals surface area contributed by atoms with Crippen LogP contribution in [0.4, 0.5) is 20.2 Å². The first kappa shape index (κ1) is 26.7. The van der Waals surface area contributed by atoms with Crippen molar-refractivity contribution in [2.45, 2.75) is 31.2 Å². The predicted octanol–water partition coefficient (Wildman–Crippen LogP) is 4.40. The Kier molecular flexibility index (Phi) is 7.10. The first-order valence-corrected chi connectivity index (χ1v) is 13.2. The molecule has 1 atom stereocenters. The molecule has 0 aliphatic carbocycles. The van der Waals surface area contributed by atoms with Gasteiger partial charge in [-0.15, -0.1) is 0 Å². The lowest BCUT2D eigenvalue weighted by atomic mass is 10.1.